The Labute approximate surface area is 183 Å². The summed E-state index contributed by atoms with van der Waals surface area (Å²) >= 11 is 0. The molecule has 7 nitrogen and oxygen atoms in total. The van der Waals surface area contributed by atoms with Crippen molar-refractivity contribution in [2.45, 2.75) is 51.0 Å². The van der Waals surface area contributed by atoms with Gasteiger partial charge >= 0.3 is 0 Å². The number of hydrogen-bond donors (Lipinski definition) is 1. The number of sulfonamides is 1. The molecule has 1 atom stereocenters. The molecular weight excluding hydrogens is 414 g/mol. The first-order valence-corrected chi connectivity index (χ1v) is 11.9. The van der Waals surface area contributed by atoms with Gasteiger partial charge < -0.3 is 5.32 Å². The predicted octanol–water partition coefficient (Wildman–Crippen LogP) is 3.00. The summed E-state index contributed by atoms with van der Waals surface area (Å²) in [6.45, 7) is 6.38. The Bertz CT molecular complexity index is 1150. The smallest absolute Gasteiger partial charge is 0.247 e. The predicted molar refractivity (Wildman–Crippen MR) is 120 cm³/mol. The number of hydrogen-bond acceptors (Lipinski definition) is 4. The van der Waals surface area contributed by atoms with Crippen molar-refractivity contribution < 1.29 is 18.0 Å². The summed E-state index contributed by atoms with van der Waals surface area (Å²) < 4.78 is 27.4. The van der Waals surface area contributed by atoms with E-state index in [0.717, 1.165) is 24.0 Å². The van der Waals surface area contributed by atoms with Crippen molar-refractivity contribution in [3.05, 3.63) is 53.1 Å². The Morgan fingerprint density at radius 3 is 2.39 bits per heavy atom. The molecule has 164 valence electrons. The molecule has 0 saturated carbocycles. The molecule has 0 bridgehead atoms. The highest BCUT2D eigenvalue weighted by Crippen LogP contribution is 2.35. The van der Waals surface area contributed by atoms with Crippen molar-refractivity contribution in [1.82, 2.24) is 4.31 Å². The average Bonchev–Trinajstić information content (AvgIpc) is 3.37. The largest absolute Gasteiger partial charge is 0.324 e. The van der Waals surface area contributed by atoms with Crippen LogP contribution in [-0.4, -0.2) is 43.7 Å². The van der Waals surface area contributed by atoms with Gasteiger partial charge in [-0.05, 0) is 62.1 Å². The number of fused-ring (bicyclic) bond motifs is 1. The molecule has 1 saturated heterocycles. The highest BCUT2D eigenvalue weighted by atomic mass is 32.2. The molecule has 0 unspecified atom stereocenters. The summed E-state index contributed by atoms with van der Waals surface area (Å²) in [5, 5.41) is 2.93. The van der Waals surface area contributed by atoms with Crippen LogP contribution in [0.3, 0.4) is 0 Å². The molecule has 8 heteroatoms. The van der Waals surface area contributed by atoms with E-state index in [1.807, 2.05) is 32.0 Å². The van der Waals surface area contributed by atoms with E-state index in [2.05, 4.69) is 5.32 Å². The van der Waals surface area contributed by atoms with Crippen LogP contribution < -0.4 is 10.2 Å². The highest BCUT2D eigenvalue weighted by Gasteiger charge is 2.38. The van der Waals surface area contributed by atoms with E-state index in [4.69, 9.17) is 0 Å². The molecule has 2 heterocycles. The molecule has 2 aliphatic rings. The molecule has 0 spiro atoms. The second-order valence-corrected chi connectivity index (χ2v) is 10.3. The zero-order valence-corrected chi connectivity index (χ0v) is 18.8. The zero-order valence-electron chi connectivity index (χ0n) is 18.0. The normalized spacial score (nSPS) is 18.8. The first kappa shape index (κ1) is 21.5. The maximum absolute atomic E-state index is 13.1. The van der Waals surface area contributed by atoms with Crippen LogP contribution in [-0.2, 0) is 26.0 Å². The molecule has 31 heavy (non-hydrogen) atoms. The molecule has 0 aromatic heterocycles. The number of amides is 2. The van der Waals surface area contributed by atoms with Crippen LogP contribution in [0, 0.1) is 13.8 Å². The Morgan fingerprint density at radius 2 is 1.74 bits per heavy atom. The van der Waals surface area contributed by atoms with Gasteiger partial charge in [0.25, 0.3) is 0 Å². The molecule has 2 aliphatic heterocycles. The fourth-order valence-electron chi connectivity index (χ4n) is 4.43. The van der Waals surface area contributed by atoms with Gasteiger partial charge in [0.1, 0.15) is 6.04 Å². The highest BCUT2D eigenvalue weighted by molar-refractivity contribution is 7.89. The number of anilines is 2. The van der Waals surface area contributed by atoms with Gasteiger partial charge in [0.2, 0.25) is 21.8 Å². The SMILES string of the molecule is CC(=O)N1c2ccc(S(=O)(=O)N3CCCC3)cc2C[C@H]1C(=O)Nc1ccc(C)cc1C. The second-order valence-electron chi connectivity index (χ2n) is 8.32. The first-order chi connectivity index (χ1) is 14.7. The van der Waals surface area contributed by atoms with Crippen molar-refractivity contribution in [1.29, 1.82) is 0 Å². The summed E-state index contributed by atoms with van der Waals surface area (Å²) in [5.74, 6) is -0.544. The summed E-state index contributed by atoms with van der Waals surface area (Å²) in [4.78, 5) is 27.2. The lowest BCUT2D eigenvalue weighted by Crippen LogP contribution is -2.44. The number of rotatable bonds is 4. The van der Waals surface area contributed by atoms with E-state index >= 15 is 0 Å². The Balaban J connectivity index is 1.62. The number of benzene rings is 2. The quantitative estimate of drug-likeness (QED) is 0.790. The lowest BCUT2D eigenvalue weighted by molar-refractivity contribution is -0.122. The van der Waals surface area contributed by atoms with Gasteiger partial charge in [0.05, 0.1) is 4.90 Å². The van der Waals surface area contributed by atoms with Gasteiger partial charge in [-0.25, -0.2) is 8.42 Å². The molecule has 2 amide bonds. The van der Waals surface area contributed by atoms with Crippen molar-refractivity contribution >= 4 is 33.2 Å². The van der Waals surface area contributed by atoms with Crippen LogP contribution in [0.15, 0.2) is 41.3 Å². The van der Waals surface area contributed by atoms with Crippen LogP contribution in [0.2, 0.25) is 0 Å². The lowest BCUT2D eigenvalue weighted by atomic mass is 10.1. The van der Waals surface area contributed by atoms with E-state index in [-0.39, 0.29) is 23.1 Å². The van der Waals surface area contributed by atoms with Gasteiger partial charge in [0, 0.05) is 37.8 Å². The number of carbonyl (C=O) groups is 2. The summed E-state index contributed by atoms with van der Waals surface area (Å²) in [6.07, 6.45) is 2.00. The standard InChI is InChI=1S/C23H27N3O4S/c1-15-6-8-20(16(2)12-15)24-23(28)22-14-18-13-19(7-9-21(18)26(22)17(3)27)31(29,30)25-10-4-5-11-25/h6-9,12-13,22H,4-5,10-11,14H2,1-3H3,(H,24,28)/t22-/m0/s1. The molecule has 0 radical (unpaired) electrons. The third kappa shape index (κ3) is 3.97. The van der Waals surface area contributed by atoms with Crippen LogP contribution in [0.25, 0.3) is 0 Å². The minimum atomic E-state index is -3.56. The van der Waals surface area contributed by atoms with Gasteiger partial charge in [-0.1, -0.05) is 17.7 Å². The van der Waals surface area contributed by atoms with E-state index in [1.54, 1.807) is 12.1 Å². The van der Waals surface area contributed by atoms with E-state index in [0.29, 0.717) is 30.0 Å². The molecule has 4 rings (SSSR count). The monoisotopic (exact) mass is 441 g/mol. The topological polar surface area (TPSA) is 86.8 Å². The van der Waals surface area contributed by atoms with Crippen molar-refractivity contribution in [2.24, 2.45) is 0 Å². The van der Waals surface area contributed by atoms with E-state index in [9.17, 15) is 18.0 Å². The maximum atomic E-state index is 13.1. The molecular formula is C23H27N3O4S. The van der Waals surface area contributed by atoms with Crippen LogP contribution in [0.1, 0.15) is 36.5 Å². The second kappa shape index (κ2) is 8.09. The van der Waals surface area contributed by atoms with Crippen molar-refractivity contribution in [3.8, 4) is 0 Å². The van der Waals surface area contributed by atoms with Crippen LogP contribution in [0.4, 0.5) is 11.4 Å². The molecule has 0 aliphatic carbocycles. The Kier molecular flexibility index (Phi) is 5.61. The number of carbonyl (C=O) groups excluding carboxylic acids is 2. The minimum Gasteiger partial charge on any atom is -0.324 e. The summed E-state index contributed by atoms with van der Waals surface area (Å²) in [6, 6.07) is 9.82. The fraction of sp³-hybridized carbons (Fsp3) is 0.391. The summed E-state index contributed by atoms with van der Waals surface area (Å²) in [7, 11) is -3.56. The Hall–Kier alpha value is -2.71. The molecule has 2 aromatic rings. The summed E-state index contributed by atoms with van der Waals surface area (Å²) in [5.41, 5.74) is 4.02. The Morgan fingerprint density at radius 1 is 1.03 bits per heavy atom. The number of nitrogens with zero attached hydrogens (tertiary/aromatic N) is 2. The lowest BCUT2D eigenvalue weighted by Gasteiger charge is -2.24. The van der Waals surface area contributed by atoms with Gasteiger partial charge in [-0.15, -0.1) is 0 Å². The number of nitrogens with one attached hydrogen (secondary N) is 1. The van der Waals surface area contributed by atoms with Gasteiger partial charge in [-0.2, -0.15) is 4.31 Å². The van der Waals surface area contributed by atoms with Gasteiger partial charge in [-0.3, -0.25) is 14.5 Å². The minimum absolute atomic E-state index is 0.215. The van der Waals surface area contributed by atoms with Crippen LogP contribution in [0.5, 0.6) is 0 Å². The maximum Gasteiger partial charge on any atom is 0.247 e. The third-order valence-electron chi connectivity index (χ3n) is 6.02. The molecule has 1 fully saturated rings. The fourth-order valence-corrected chi connectivity index (χ4v) is 6.00. The van der Waals surface area contributed by atoms with Crippen molar-refractivity contribution in [3.63, 3.8) is 0 Å². The van der Waals surface area contributed by atoms with Crippen LogP contribution >= 0.6 is 0 Å². The first-order valence-electron chi connectivity index (χ1n) is 10.5. The molecule has 2 aromatic carbocycles. The number of aryl methyl sites for hydroxylation is 2. The average molecular weight is 442 g/mol. The van der Waals surface area contributed by atoms with Gasteiger partial charge in [0.15, 0.2) is 0 Å². The zero-order chi connectivity index (χ0) is 22.3. The van der Waals surface area contributed by atoms with E-state index < -0.39 is 16.1 Å². The third-order valence-corrected chi connectivity index (χ3v) is 7.91. The molecule has 1 N–H and O–H groups in total. The van der Waals surface area contributed by atoms with E-state index in [1.165, 1.54) is 22.2 Å². The van der Waals surface area contributed by atoms with Crippen molar-refractivity contribution in [2.75, 3.05) is 23.3 Å².